The Hall–Kier alpha value is -3.63. The molecule has 1 saturated heterocycles. The Bertz CT molecular complexity index is 1100. The second kappa shape index (κ2) is 12.1. The molecule has 37 heavy (non-hydrogen) atoms. The van der Waals surface area contributed by atoms with Crippen molar-refractivity contribution in [1.29, 1.82) is 0 Å². The molecule has 10 nitrogen and oxygen atoms in total. The maximum Gasteiger partial charge on any atom is 0.408 e. The van der Waals surface area contributed by atoms with Gasteiger partial charge < -0.3 is 20.0 Å². The largest absolute Gasteiger partial charge is 0.465 e. The van der Waals surface area contributed by atoms with Crippen molar-refractivity contribution in [2.45, 2.75) is 44.2 Å². The fourth-order valence-corrected chi connectivity index (χ4v) is 5.44. The van der Waals surface area contributed by atoms with E-state index in [2.05, 4.69) is 4.90 Å². The Morgan fingerprint density at radius 1 is 0.946 bits per heavy atom. The van der Waals surface area contributed by atoms with Crippen LogP contribution in [0.5, 0.6) is 0 Å². The number of hydroxylamine groups is 1. The average molecular weight is 511 g/mol. The summed E-state index contributed by atoms with van der Waals surface area (Å²) < 4.78 is 0. The molecule has 2 fully saturated rings. The molecule has 2 aromatic carbocycles. The number of nitrogens with one attached hydrogen (secondary N) is 1. The Labute approximate surface area is 216 Å². The Balaban J connectivity index is 1.57. The van der Waals surface area contributed by atoms with Gasteiger partial charge in [-0.2, -0.15) is 0 Å². The van der Waals surface area contributed by atoms with E-state index in [0.29, 0.717) is 44.6 Å². The molecule has 1 heterocycles. The van der Waals surface area contributed by atoms with Crippen molar-refractivity contribution in [2.75, 3.05) is 37.7 Å². The van der Waals surface area contributed by atoms with Gasteiger partial charge in [-0.25, -0.2) is 10.3 Å². The lowest BCUT2D eigenvalue weighted by Gasteiger charge is -2.38. The zero-order valence-corrected chi connectivity index (χ0v) is 20.8. The predicted molar refractivity (Wildman–Crippen MR) is 137 cm³/mol. The third kappa shape index (κ3) is 5.86. The van der Waals surface area contributed by atoms with Crippen LogP contribution < -0.4 is 10.4 Å². The molecule has 2 aromatic rings. The van der Waals surface area contributed by atoms with Crippen LogP contribution in [0.4, 0.5) is 10.5 Å². The lowest BCUT2D eigenvalue weighted by atomic mass is 9.91. The molecule has 198 valence electrons. The van der Waals surface area contributed by atoms with Crippen LogP contribution in [0.25, 0.3) is 0 Å². The van der Waals surface area contributed by atoms with E-state index in [1.54, 1.807) is 16.4 Å². The number of hydrogen-bond donors (Lipinski definition) is 4. The van der Waals surface area contributed by atoms with Crippen LogP contribution in [0.3, 0.4) is 0 Å². The first kappa shape index (κ1) is 26.4. The highest BCUT2D eigenvalue weighted by atomic mass is 16.5. The van der Waals surface area contributed by atoms with Crippen LogP contribution in [0.15, 0.2) is 48.5 Å². The summed E-state index contributed by atoms with van der Waals surface area (Å²) in [6.07, 6.45) is 3.14. The lowest BCUT2D eigenvalue weighted by molar-refractivity contribution is 0.0589. The summed E-state index contributed by atoms with van der Waals surface area (Å²) >= 11 is 0. The number of aliphatic hydroxyl groups excluding tert-OH is 1. The van der Waals surface area contributed by atoms with E-state index in [1.165, 1.54) is 17.0 Å². The van der Waals surface area contributed by atoms with Crippen LogP contribution in [-0.2, 0) is 0 Å². The number of piperazine rings is 1. The number of amides is 3. The number of anilines is 1. The van der Waals surface area contributed by atoms with Crippen molar-refractivity contribution in [3.8, 4) is 0 Å². The Morgan fingerprint density at radius 3 is 2.22 bits per heavy atom. The van der Waals surface area contributed by atoms with Crippen molar-refractivity contribution in [3.05, 3.63) is 65.2 Å². The molecule has 1 saturated carbocycles. The SMILES string of the molecule is O=C(NO)c1cc([C@H](CO)N(C(=O)O)C2CCCCC2)ccc1C(=O)N1CCN(c2ccccc2)CC1. The van der Waals surface area contributed by atoms with Crippen molar-refractivity contribution >= 4 is 23.6 Å². The van der Waals surface area contributed by atoms with Crippen LogP contribution in [0.2, 0.25) is 0 Å². The maximum atomic E-state index is 13.4. The zero-order chi connectivity index (χ0) is 26.4. The third-order valence-corrected chi connectivity index (χ3v) is 7.39. The third-order valence-electron chi connectivity index (χ3n) is 7.39. The topological polar surface area (TPSA) is 134 Å². The smallest absolute Gasteiger partial charge is 0.408 e. The summed E-state index contributed by atoms with van der Waals surface area (Å²) in [4.78, 5) is 43.3. The first-order chi connectivity index (χ1) is 17.9. The van der Waals surface area contributed by atoms with Gasteiger partial charge in [0.05, 0.1) is 23.8 Å². The van der Waals surface area contributed by atoms with E-state index >= 15 is 0 Å². The quantitative estimate of drug-likeness (QED) is 0.332. The summed E-state index contributed by atoms with van der Waals surface area (Å²) in [6, 6.07) is 13.3. The van der Waals surface area contributed by atoms with Gasteiger partial charge in [0, 0.05) is 37.9 Å². The first-order valence-corrected chi connectivity index (χ1v) is 12.7. The highest BCUT2D eigenvalue weighted by molar-refractivity contribution is 6.07. The van der Waals surface area contributed by atoms with Gasteiger partial charge in [0.1, 0.15) is 0 Å². The normalized spacial score (nSPS) is 17.2. The number of carbonyl (C=O) groups is 3. The number of hydrogen-bond acceptors (Lipinski definition) is 6. The summed E-state index contributed by atoms with van der Waals surface area (Å²) in [5, 5.41) is 29.5. The van der Waals surface area contributed by atoms with Crippen LogP contribution in [0.1, 0.15) is 64.4 Å². The van der Waals surface area contributed by atoms with E-state index in [-0.39, 0.29) is 23.1 Å². The van der Waals surface area contributed by atoms with Crippen molar-refractivity contribution in [3.63, 3.8) is 0 Å². The van der Waals surface area contributed by atoms with Gasteiger partial charge in [0.25, 0.3) is 11.8 Å². The Kier molecular flexibility index (Phi) is 8.62. The van der Waals surface area contributed by atoms with E-state index in [9.17, 15) is 29.8 Å². The van der Waals surface area contributed by atoms with Gasteiger partial charge in [-0.1, -0.05) is 43.5 Å². The van der Waals surface area contributed by atoms with Crippen LogP contribution >= 0.6 is 0 Å². The van der Waals surface area contributed by atoms with Gasteiger partial charge in [0.2, 0.25) is 0 Å². The average Bonchev–Trinajstić information content (AvgIpc) is 2.95. The monoisotopic (exact) mass is 510 g/mol. The van der Waals surface area contributed by atoms with Gasteiger partial charge in [-0.3, -0.25) is 19.7 Å². The van der Waals surface area contributed by atoms with Gasteiger partial charge in [-0.05, 0) is 42.7 Å². The minimum atomic E-state index is -1.14. The Morgan fingerprint density at radius 2 is 1.62 bits per heavy atom. The van der Waals surface area contributed by atoms with Crippen molar-refractivity contribution in [2.24, 2.45) is 0 Å². The number of benzene rings is 2. The first-order valence-electron chi connectivity index (χ1n) is 12.7. The summed E-state index contributed by atoms with van der Waals surface area (Å²) in [5.74, 6) is -1.22. The molecule has 3 amide bonds. The fourth-order valence-electron chi connectivity index (χ4n) is 5.44. The molecule has 4 rings (SSSR count). The van der Waals surface area contributed by atoms with Crippen LogP contribution in [0, 0.1) is 0 Å². The molecule has 0 radical (unpaired) electrons. The molecular weight excluding hydrogens is 476 g/mol. The predicted octanol–water partition coefficient (Wildman–Crippen LogP) is 3.11. The second-order valence-corrected chi connectivity index (χ2v) is 9.54. The van der Waals surface area contributed by atoms with E-state index in [1.807, 2.05) is 30.3 Å². The van der Waals surface area contributed by atoms with Gasteiger partial charge in [0.15, 0.2) is 0 Å². The molecule has 0 unspecified atom stereocenters. The fraction of sp³-hybridized carbons (Fsp3) is 0.444. The molecule has 2 aliphatic rings. The summed E-state index contributed by atoms with van der Waals surface area (Å²) in [5.41, 5.74) is 3.11. The second-order valence-electron chi connectivity index (χ2n) is 9.54. The molecule has 0 aromatic heterocycles. The number of rotatable bonds is 7. The van der Waals surface area contributed by atoms with E-state index < -0.39 is 24.6 Å². The number of para-hydroxylation sites is 1. The van der Waals surface area contributed by atoms with E-state index in [4.69, 9.17) is 0 Å². The summed E-state index contributed by atoms with van der Waals surface area (Å²) in [6.45, 7) is 1.72. The number of carbonyl (C=O) groups excluding carboxylic acids is 2. The highest BCUT2D eigenvalue weighted by Crippen LogP contribution is 2.32. The minimum absolute atomic E-state index is 0.0667. The lowest BCUT2D eigenvalue weighted by Crippen LogP contribution is -2.49. The highest BCUT2D eigenvalue weighted by Gasteiger charge is 2.34. The summed E-state index contributed by atoms with van der Waals surface area (Å²) in [7, 11) is 0. The molecule has 0 spiro atoms. The van der Waals surface area contributed by atoms with E-state index in [0.717, 1.165) is 24.9 Å². The standard InChI is InChI=1S/C27H34N4O6/c32-18-24(31(27(35)36)21-9-5-2-6-10-21)19-11-12-22(23(17-19)25(33)28-37)26(34)30-15-13-29(14-16-30)20-7-3-1-4-8-20/h1,3-4,7-8,11-12,17,21,24,32,37H,2,5-6,9-10,13-16,18H2,(H,28,33)(H,35,36)/t24-/m0/s1. The molecule has 1 atom stereocenters. The number of aliphatic hydroxyl groups is 1. The maximum absolute atomic E-state index is 13.4. The van der Waals surface area contributed by atoms with Crippen molar-refractivity contribution in [1.82, 2.24) is 15.3 Å². The molecule has 1 aliphatic carbocycles. The van der Waals surface area contributed by atoms with Crippen molar-refractivity contribution < 1.29 is 29.8 Å². The zero-order valence-electron chi connectivity index (χ0n) is 20.8. The molecular formula is C27H34N4O6. The number of nitrogens with zero attached hydrogens (tertiary/aromatic N) is 3. The number of carboxylic acid groups (broad SMARTS) is 1. The van der Waals surface area contributed by atoms with Gasteiger partial charge in [-0.15, -0.1) is 0 Å². The van der Waals surface area contributed by atoms with Gasteiger partial charge >= 0.3 is 6.09 Å². The minimum Gasteiger partial charge on any atom is -0.465 e. The molecule has 10 heteroatoms. The molecule has 4 N–H and O–H groups in total. The molecule has 0 bridgehead atoms. The molecule has 1 aliphatic heterocycles. The van der Waals surface area contributed by atoms with Crippen LogP contribution in [-0.4, -0.2) is 82.0 Å².